The van der Waals surface area contributed by atoms with Crippen LogP contribution in [0.1, 0.15) is 74.3 Å². The monoisotopic (exact) mass is 455 g/mol. The molecule has 1 aromatic carbocycles. The van der Waals surface area contributed by atoms with Gasteiger partial charge < -0.3 is 14.3 Å². The predicted molar refractivity (Wildman–Crippen MR) is 136 cm³/mol. The van der Waals surface area contributed by atoms with Gasteiger partial charge in [0.15, 0.2) is 0 Å². The maximum absolute atomic E-state index is 5.84. The zero-order chi connectivity index (χ0) is 23.9. The Balaban J connectivity index is 1.55. The maximum atomic E-state index is 5.84. The van der Waals surface area contributed by atoms with Gasteiger partial charge in [-0.1, -0.05) is 49.4 Å². The van der Waals surface area contributed by atoms with Gasteiger partial charge in [-0.25, -0.2) is 4.68 Å². The van der Waals surface area contributed by atoms with Crippen LogP contribution in [0.25, 0.3) is 0 Å². The summed E-state index contributed by atoms with van der Waals surface area (Å²) >= 11 is 0. The summed E-state index contributed by atoms with van der Waals surface area (Å²) in [5.74, 6) is 1.73. The Labute approximate surface area is 199 Å². The van der Waals surface area contributed by atoms with Crippen molar-refractivity contribution in [3.63, 3.8) is 0 Å². The van der Waals surface area contributed by atoms with Crippen molar-refractivity contribution in [1.82, 2.24) is 9.78 Å². The first kappa shape index (κ1) is 26.5. The summed E-state index contributed by atoms with van der Waals surface area (Å²) in [6.45, 7) is 7.76. The molecule has 0 saturated heterocycles. The Morgan fingerprint density at radius 2 is 1.61 bits per heavy atom. The number of hydrogen-bond donors (Lipinski definition) is 0. The lowest BCUT2D eigenvalue weighted by molar-refractivity contribution is 0.215. The molecular weight excluding hydrogens is 414 g/mol. The lowest BCUT2D eigenvalue weighted by Crippen LogP contribution is -2.02. The topological polar surface area (TPSA) is 57.9 Å². The fraction of sp³-hybridized carbons (Fsp3) is 0.556. The fourth-order valence-corrected chi connectivity index (χ4v) is 3.91. The molecule has 0 atom stereocenters. The van der Waals surface area contributed by atoms with Crippen molar-refractivity contribution in [2.75, 3.05) is 20.3 Å². The van der Waals surface area contributed by atoms with E-state index in [-0.39, 0.29) is 0 Å². The number of aryl methyl sites for hydroxylation is 3. The first-order valence-electron chi connectivity index (χ1n) is 12.1. The number of allylic oxidation sites excluding steroid dienone is 1. The zero-order valence-electron chi connectivity index (χ0n) is 21.1. The summed E-state index contributed by atoms with van der Waals surface area (Å²) in [6.07, 6.45) is 15.4. The molecule has 0 aliphatic rings. The van der Waals surface area contributed by atoms with E-state index in [1.807, 2.05) is 32.2 Å². The third-order valence-electron chi connectivity index (χ3n) is 5.72. The Morgan fingerprint density at radius 3 is 2.27 bits per heavy atom. The third kappa shape index (κ3) is 9.72. The molecule has 0 aliphatic carbocycles. The van der Waals surface area contributed by atoms with E-state index >= 15 is 0 Å². The average Bonchev–Trinajstić information content (AvgIpc) is 3.14. The van der Waals surface area contributed by atoms with E-state index in [0.717, 1.165) is 30.2 Å². The summed E-state index contributed by atoms with van der Waals surface area (Å²) in [5, 5.41) is 8.04. The van der Waals surface area contributed by atoms with E-state index in [1.54, 1.807) is 10.9 Å². The number of hydrogen-bond acceptors (Lipinski definition) is 5. The predicted octanol–water partition coefficient (Wildman–Crippen LogP) is 6.32. The largest absolute Gasteiger partial charge is 0.490 e. The normalized spacial score (nSPS) is 11.5. The number of benzene rings is 1. The molecule has 0 saturated carbocycles. The second-order valence-corrected chi connectivity index (χ2v) is 8.44. The second-order valence-electron chi connectivity index (χ2n) is 8.44. The van der Waals surface area contributed by atoms with Gasteiger partial charge in [0.2, 0.25) is 5.88 Å². The standard InChI is InChI=1S/C27H41N3O3/c1-6-7-16-32-25-18-22(2)26(23(3)19-25)15-13-11-9-8-10-12-14-17-33-27-20-24(21-28-31-5)29-30(27)4/h6-7,18-21H,8-17H2,1-5H3/b7-6+,28-21+. The molecule has 0 unspecified atom stereocenters. The Bertz CT molecular complexity index is 864. The number of oxime groups is 1. The summed E-state index contributed by atoms with van der Waals surface area (Å²) in [4.78, 5) is 4.68. The molecule has 0 amide bonds. The van der Waals surface area contributed by atoms with E-state index in [9.17, 15) is 0 Å². The van der Waals surface area contributed by atoms with Crippen molar-refractivity contribution in [3.8, 4) is 11.6 Å². The number of aromatic nitrogens is 2. The highest BCUT2D eigenvalue weighted by Gasteiger charge is 2.07. The van der Waals surface area contributed by atoms with Crippen LogP contribution in [0.15, 0.2) is 35.5 Å². The molecule has 0 fully saturated rings. The molecule has 0 aliphatic heterocycles. The quantitative estimate of drug-likeness (QED) is 0.129. The number of unbranched alkanes of at least 4 members (excludes halogenated alkanes) is 6. The molecule has 0 N–H and O–H groups in total. The van der Waals surface area contributed by atoms with Crippen molar-refractivity contribution < 1.29 is 14.3 Å². The van der Waals surface area contributed by atoms with Gasteiger partial charge in [0, 0.05) is 13.1 Å². The Kier molecular flexibility index (Phi) is 12.2. The summed E-state index contributed by atoms with van der Waals surface area (Å²) in [5.41, 5.74) is 4.90. The highest BCUT2D eigenvalue weighted by molar-refractivity contribution is 5.76. The van der Waals surface area contributed by atoms with Gasteiger partial charge in [0.1, 0.15) is 25.2 Å². The van der Waals surface area contributed by atoms with Crippen LogP contribution in [0.5, 0.6) is 11.6 Å². The van der Waals surface area contributed by atoms with Crippen LogP contribution in [-0.4, -0.2) is 36.3 Å². The van der Waals surface area contributed by atoms with Gasteiger partial charge in [0.05, 0.1) is 12.8 Å². The number of nitrogens with zero attached hydrogens (tertiary/aromatic N) is 3. The minimum atomic E-state index is 0.634. The van der Waals surface area contributed by atoms with E-state index in [2.05, 4.69) is 41.1 Å². The highest BCUT2D eigenvalue weighted by atomic mass is 16.6. The van der Waals surface area contributed by atoms with Gasteiger partial charge in [-0.2, -0.15) is 5.10 Å². The molecule has 33 heavy (non-hydrogen) atoms. The molecular formula is C27H41N3O3. The first-order chi connectivity index (χ1) is 16.0. The highest BCUT2D eigenvalue weighted by Crippen LogP contribution is 2.24. The SMILES string of the molecule is C/C=C/COc1cc(C)c(CCCCCCCCCOc2cc(/C=N/OC)nn2C)c(C)c1. The van der Waals surface area contributed by atoms with Crippen molar-refractivity contribution in [2.45, 2.75) is 72.1 Å². The van der Waals surface area contributed by atoms with Gasteiger partial charge in [-0.05, 0) is 68.9 Å². The summed E-state index contributed by atoms with van der Waals surface area (Å²) < 4.78 is 13.4. The van der Waals surface area contributed by atoms with Crippen LogP contribution >= 0.6 is 0 Å². The molecule has 0 radical (unpaired) electrons. The molecule has 6 nitrogen and oxygen atoms in total. The molecule has 1 heterocycles. The van der Waals surface area contributed by atoms with Crippen molar-refractivity contribution >= 4 is 6.21 Å². The first-order valence-corrected chi connectivity index (χ1v) is 12.1. The van der Waals surface area contributed by atoms with Crippen molar-refractivity contribution in [2.24, 2.45) is 12.2 Å². The number of rotatable bonds is 16. The van der Waals surface area contributed by atoms with Gasteiger partial charge in [-0.15, -0.1) is 0 Å². The van der Waals surface area contributed by atoms with Gasteiger partial charge >= 0.3 is 0 Å². The summed E-state index contributed by atoms with van der Waals surface area (Å²) in [6, 6.07) is 6.22. The Hall–Kier alpha value is -2.76. The van der Waals surface area contributed by atoms with Crippen molar-refractivity contribution in [1.29, 1.82) is 0 Å². The number of ether oxygens (including phenoxy) is 2. The minimum Gasteiger partial charge on any atom is -0.490 e. The zero-order valence-corrected chi connectivity index (χ0v) is 21.1. The summed E-state index contributed by atoms with van der Waals surface area (Å²) in [7, 11) is 3.39. The van der Waals surface area contributed by atoms with E-state index in [0.29, 0.717) is 13.2 Å². The maximum Gasteiger partial charge on any atom is 0.212 e. The van der Waals surface area contributed by atoms with E-state index in [4.69, 9.17) is 9.47 Å². The van der Waals surface area contributed by atoms with Crippen LogP contribution in [-0.2, 0) is 18.3 Å². The fourth-order valence-electron chi connectivity index (χ4n) is 3.91. The molecule has 2 rings (SSSR count). The average molecular weight is 456 g/mol. The molecule has 0 bridgehead atoms. The van der Waals surface area contributed by atoms with Gasteiger partial charge in [0.25, 0.3) is 0 Å². The lowest BCUT2D eigenvalue weighted by Gasteiger charge is -2.13. The van der Waals surface area contributed by atoms with E-state index < -0.39 is 0 Å². The third-order valence-corrected chi connectivity index (χ3v) is 5.72. The van der Waals surface area contributed by atoms with Crippen LogP contribution in [0, 0.1) is 13.8 Å². The molecule has 1 aromatic heterocycles. The lowest BCUT2D eigenvalue weighted by atomic mass is 9.96. The van der Waals surface area contributed by atoms with Gasteiger partial charge in [-0.3, -0.25) is 0 Å². The van der Waals surface area contributed by atoms with Crippen LogP contribution in [0.4, 0.5) is 0 Å². The minimum absolute atomic E-state index is 0.634. The van der Waals surface area contributed by atoms with E-state index in [1.165, 1.54) is 62.3 Å². The molecule has 6 heteroatoms. The smallest absolute Gasteiger partial charge is 0.212 e. The molecule has 182 valence electrons. The molecule has 2 aromatic rings. The van der Waals surface area contributed by atoms with Crippen LogP contribution in [0.2, 0.25) is 0 Å². The Morgan fingerprint density at radius 1 is 0.939 bits per heavy atom. The van der Waals surface area contributed by atoms with Crippen LogP contribution < -0.4 is 9.47 Å². The molecule has 0 spiro atoms. The van der Waals surface area contributed by atoms with Crippen molar-refractivity contribution in [3.05, 3.63) is 52.7 Å². The second kappa shape index (κ2) is 15.1. The van der Waals surface area contributed by atoms with Crippen LogP contribution in [0.3, 0.4) is 0 Å².